The molecule has 2 atom stereocenters. The largest absolute Gasteiger partial charge is 0.381 e. The highest BCUT2D eigenvalue weighted by molar-refractivity contribution is 9.10. The van der Waals surface area contributed by atoms with Crippen LogP contribution in [0.3, 0.4) is 0 Å². The van der Waals surface area contributed by atoms with Crippen LogP contribution in [0.5, 0.6) is 0 Å². The number of nitrogens with one attached hydrogen (secondary N) is 1. The molecule has 0 radical (unpaired) electrons. The number of rotatable bonds is 4. The van der Waals surface area contributed by atoms with Crippen LogP contribution in [0.15, 0.2) is 28.7 Å². The number of hydrogen-bond acceptors (Lipinski definition) is 3. The van der Waals surface area contributed by atoms with Gasteiger partial charge in [-0.15, -0.1) is 0 Å². The van der Waals surface area contributed by atoms with Crippen LogP contribution in [-0.4, -0.2) is 24.7 Å². The molecule has 1 amide bonds. The van der Waals surface area contributed by atoms with Gasteiger partial charge in [0.15, 0.2) is 0 Å². The van der Waals surface area contributed by atoms with E-state index in [1.54, 1.807) is 7.11 Å². The third kappa shape index (κ3) is 3.28. The number of hydrogen-bond donors (Lipinski definition) is 2. The molecule has 2 unspecified atom stereocenters. The van der Waals surface area contributed by atoms with Crippen molar-refractivity contribution in [1.82, 2.24) is 0 Å². The molecule has 4 nitrogen and oxygen atoms in total. The number of ether oxygens (including phenoxy) is 1. The fourth-order valence-corrected chi connectivity index (χ4v) is 2.90. The van der Waals surface area contributed by atoms with Gasteiger partial charge in [0.05, 0.1) is 6.10 Å². The number of primary amides is 1. The second-order valence-corrected chi connectivity index (χ2v) is 5.95. The first-order chi connectivity index (χ1) is 9.05. The Morgan fingerprint density at radius 3 is 2.74 bits per heavy atom. The van der Waals surface area contributed by atoms with Gasteiger partial charge in [-0.05, 0) is 43.5 Å². The Hall–Kier alpha value is -1.07. The quantitative estimate of drug-likeness (QED) is 0.894. The van der Waals surface area contributed by atoms with E-state index in [2.05, 4.69) is 21.2 Å². The normalized spacial score (nSPS) is 26.9. The maximum atomic E-state index is 11.9. The summed E-state index contributed by atoms with van der Waals surface area (Å²) in [5, 5.41) is 3.31. The number of methoxy groups -OCH3 is 1. The van der Waals surface area contributed by atoms with Crippen molar-refractivity contribution in [1.29, 1.82) is 0 Å². The Morgan fingerprint density at radius 1 is 1.47 bits per heavy atom. The zero-order valence-electron chi connectivity index (χ0n) is 11.0. The van der Waals surface area contributed by atoms with Gasteiger partial charge in [-0.25, -0.2) is 0 Å². The summed E-state index contributed by atoms with van der Waals surface area (Å²) in [5.74, 6) is -0.308. The highest BCUT2D eigenvalue weighted by atomic mass is 79.9. The molecule has 1 aliphatic rings. The van der Waals surface area contributed by atoms with Gasteiger partial charge in [-0.3, -0.25) is 4.79 Å². The van der Waals surface area contributed by atoms with Crippen molar-refractivity contribution in [2.24, 2.45) is 5.73 Å². The van der Waals surface area contributed by atoms with Crippen LogP contribution in [0, 0.1) is 0 Å². The van der Waals surface area contributed by atoms with Gasteiger partial charge in [-0.2, -0.15) is 0 Å². The second-order valence-electron chi connectivity index (χ2n) is 5.03. The average molecular weight is 327 g/mol. The van der Waals surface area contributed by atoms with Gasteiger partial charge in [0.2, 0.25) is 5.91 Å². The number of amides is 1. The number of carbonyl (C=O) groups excluding carboxylic acids is 1. The van der Waals surface area contributed by atoms with Gasteiger partial charge in [-0.1, -0.05) is 15.9 Å². The molecule has 2 rings (SSSR count). The van der Waals surface area contributed by atoms with Crippen LogP contribution in [0.1, 0.15) is 25.7 Å². The van der Waals surface area contributed by atoms with E-state index < -0.39 is 5.54 Å². The summed E-state index contributed by atoms with van der Waals surface area (Å²) in [6, 6.07) is 7.75. The van der Waals surface area contributed by atoms with E-state index in [4.69, 9.17) is 10.5 Å². The fraction of sp³-hybridized carbons (Fsp3) is 0.500. The van der Waals surface area contributed by atoms with E-state index in [9.17, 15) is 4.79 Å². The Balaban J connectivity index is 2.19. The first-order valence-electron chi connectivity index (χ1n) is 6.42. The van der Waals surface area contributed by atoms with Crippen molar-refractivity contribution in [3.8, 4) is 0 Å². The molecule has 0 bridgehead atoms. The van der Waals surface area contributed by atoms with E-state index in [1.807, 2.05) is 24.3 Å². The molecule has 0 aliphatic heterocycles. The lowest BCUT2D eigenvalue weighted by atomic mass is 9.79. The van der Waals surface area contributed by atoms with E-state index in [1.165, 1.54) is 0 Å². The molecule has 1 saturated carbocycles. The molecule has 0 aromatic heterocycles. The first kappa shape index (κ1) is 14.3. The van der Waals surface area contributed by atoms with Gasteiger partial charge in [0.1, 0.15) is 5.54 Å². The number of carbonyl (C=O) groups is 1. The Labute approximate surface area is 121 Å². The van der Waals surface area contributed by atoms with E-state index in [0.717, 1.165) is 29.4 Å². The Bertz CT molecular complexity index is 449. The van der Waals surface area contributed by atoms with Crippen molar-refractivity contribution in [2.75, 3.05) is 12.4 Å². The molecule has 0 spiro atoms. The third-order valence-electron chi connectivity index (χ3n) is 3.74. The number of nitrogens with two attached hydrogens (primary N) is 1. The molecule has 5 heteroatoms. The zero-order chi connectivity index (χ0) is 13.9. The van der Waals surface area contributed by atoms with Gasteiger partial charge in [0, 0.05) is 23.7 Å². The van der Waals surface area contributed by atoms with Crippen molar-refractivity contribution in [3.63, 3.8) is 0 Å². The maximum Gasteiger partial charge on any atom is 0.243 e. The third-order valence-corrected chi connectivity index (χ3v) is 4.27. The molecule has 1 aromatic rings. The van der Waals surface area contributed by atoms with Crippen LogP contribution in [0.4, 0.5) is 5.69 Å². The Kier molecular flexibility index (Phi) is 4.47. The summed E-state index contributed by atoms with van der Waals surface area (Å²) in [7, 11) is 1.68. The average Bonchev–Trinajstić information content (AvgIpc) is 2.41. The van der Waals surface area contributed by atoms with Crippen molar-refractivity contribution in [3.05, 3.63) is 28.7 Å². The highest BCUT2D eigenvalue weighted by Gasteiger charge is 2.41. The van der Waals surface area contributed by atoms with Crippen LogP contribution < -0.4 is 11.1 Å². The summed E-state index contributed by atoms with van der Waals surface area (Å²) in [6.45, 7) is 0. The summed E-state index contributed by atoms with van der Waals surface area (Å²) in [4.78, 5) is 11.9. The standard InChI is InChI=1S/C14H19BrN2O2/c1-19-12-3-2-8-14(9-12,13(16)18)17-11-6-4-10(15)5-7-11/h4-7,12,17H,2-3,8-9H2,1H3,(H2,16,18). The molecular formula is C14H19BrN2O2. The second kappa shape index (κ2) is 5.92. The summed E-state index contributed by atoms with van der Waals surface area (Å²) in [6.07, 6.45) is 3.37. The number of benzene rings is 1. The summed E-state index contributed by atoms with van der Waals surface area (Å²) < 4.78 is 6.40. The first-order valence-corrected chi connectivity index (χ1v) is 7.21. The van der Waals surface area contributed by atoms with Crippen LogP contribution in [0.25, 0.3) is 0 Å². The molecule has 0 heterocycles. The minimum atomic E-state index is -0.702. The van der Waals surface area contributed by atoms with E-state index in [0.29, 0.717) is 6.42 Å². The maximum absolute atomic E-state index is 11.9. The van der Waals surface area contributed by atoms with Crippen molar-refractivity contribution in [2.45, 2.75) is 37.3 Å². The van der Waals surface area contributed by atoms with Crippen LogP contribution in [-0.2, 0) is 9.53 Å². The predicted molar refractivity (Wildman–Crippen MR) is 79.0 cm³/mol. The smallest absolute Gasteiger partial charge is 0.243 e. The van der Waals surface area contributed by atoms with Gasteiger partial charge < -0.3 is 15.8 Å². The molecule has 3 N–H and O–H groups in total. The SMILES string of the molecule is COC1CCCC(Nc2ccc(Br)cc2)(C(N)=O)C1. The van der Waals surface area contributed by atoms with Crippen LogP contribution >= 0.6 is 15.9 Å². The van der Waals surface area contributed by atoms with E-state index in [-0.39, 0.29) is 12.0 Å². The zero-order valence-corrected chi connectivity index (χ0v) is 12.6. The minimum absolute atomic E-state index is 0.0872. The highest BCUT2D eigenvalue weighted by Crippen LogP contribution is 2.33. The molecule has 1 aromatic carbocycles. The molecule has 19 heavy (non-hydrogen) atoms. The minimum Gasteiger partial charge on any atom is -0.381 e. The summed E-state index contributed by atoms with van der Waals surface area (Å²) >= 11 is 3.39. The lowest BCUT2D eigenvalue weighted by Crippen LogP contribution is -2.54. The molecule has 104 valence electrons. The molecular weight excluding hydrogens is 308 g/mol. The van der Waals surface area contributed by atoms with Gasteiger partial charge in [0.25, 0.3) is 0 Å². The molecule has 1 aliphatic carbocycles. The Morgan fingerprint density at radius 2 is 2.16 bits per heavy atom. The van der Waals surface area contributed by atoms with Gasteiger partial charge >= 0.3 is 0 Å². The van der Waals surface area contributed by atoms with Crippen molar-refractivity contribution < 1.29 is 9.53 Å². The monoisotopic (exact) mass is 326 g/mol. The lowest BCUT2D eigenvalue weighted by Gasteiger charge is -2.39. The van der Waals surface area contributed by atoms with Crippen LogP contribution in [0.2, 0.25) is 0 Å². The lowest BCUT2D eigenvalue weighted by molar-refractivity contribution is -0.125. The predicted octanol–water partition coefficient (Wildman–Crippen LogP) is 2.67. The summed E-state index contributed by atoms with van der Waals surface area (Å²) in [5.41, 5.74) is 5.83. The van der Waals surface area contributed by atoms with E-state index >= 15 is 0 Å². The van der Waals surface area contributed by atoms with Crippen molar-refractivity contribution >= 4 is 27.5 Å². The molecule has 0 saturated heterocycles. The topological polar surface area (TPSA) is 64.3 Å². The molecule has 1 fully saturated rings. The number of halogens is 1. The number of anilines is 1. The fourth-order valence-electron chi connectivity index (χ4n) is 2.63.